The fourth-order valence-electron chi connectivity index (χ4n) is 3.41. The molecule has 0 saturated carbocycles. The number of hydrogen-bond donors (Lipinski definition) is 1. The predicted molar refractivity (Wildman–Crippen MR) is 96.4 cm³/mol. The lowest BCUT2D eigenvalue weighted by atomic mass is 10.3. The van der Waals surface area contributed by atoms with Crippen LogP contribution in [0.2, 0.25) is 0 Å². The van der Waals surface area contributed by atoms with E-state index in [0.717, 1.165) is 43.6 Å². The highest BCUT2D eigenvalue weighted by Crippen LogP contribution is 2.35. The molecule has 0 bridgehead atoms. The topological polar surface area (TPSA) is 77.1 Å². The van der Waals surface area contributed by atoms with Gasteiger partial charge >= 0.3 is 5.69 Å². The van der Waals surface area contributed by atoms with Gasteiger partial charge in [0, 0.05) is 51.3 Å². The van der Waals surface area contributed by atoms with Crippen molar-refractivity contribution in [3.8, 4) is 0 Å². The Morgan fingerprint density at radius 1 is 1.25 bits per heavy atom. The molecule has 1 N–H and O–H groups in total. The first kappa shape index (κ1) is 15.8. The minimum absolute atomic E-state index is 0.221. The molecule has 4 heterocycles. The van der Waals surface area contributed by atoms with E-state index in [9.17, 15) is 9.59 Å². The molecule has 0 unspecified atom stereocenters. The number of hydrogen-bond acceptors (Lipinski definition) is 6. The largest absolute Gasteiger partial charge is 0.340 e. The average Bonchev–Trinajstić information content (AvgIpc) is 2.93. The highest BCUT2D eigenvalue weighted by molar-refractivity contribution is 8.00. The van der Waals surface area contributed by atoms with Crippen LogP contribution in [0.1, 0.15) is 13.0 Å². The summed E-state index contributed by atoms with van der Waals surface area (Å²) in [4.78, 5) is 32.3. The Bertz CT molecular complexity index is 888. The average molecular weight is 350 g/mol. The Labute approximate surface area is 143 Å². The fraction of sp³-hybridized carbons (Fsp3) is 0.667. The zero-order valence-electron chi connectivity index (χ0n) is 14.0. The fourth-order valence-corrected chi connectivity index (χ4v) is 4.16. The first-order valence-electron chi connectivity index (χ1n) is 8.38. The number of nitrogens with zero attached hydrogens (tertiary/aromatic N) is 5. The first-order chi connectivity index (χ1) is 11.6. The molecule has 9 heteroatoms. The second-order valence-corrected chi connectivity index (χ2v) is 7.35. The van der Waals surface area contributed by atoms with Crippen LogP contribution in [-0.4, -0.2) is 56.4 Å². The molecule has 2 aromatic heterocycles. The number of rotatable bonds is 3. The maximum atomic E-state index is 12.9. The van der Waals surface area contributed by atoms with Crippen LogP contribution in [0.15, 0.2) is 9.59 Å². The molecule has 8 nitrogen and oxygen atoms in total. The smallest absolute Gasteiger partial charge is 0.332 e. The summed E-state index contributed by atoms with van der Waals surface area (Å²) in [6.07, 6.45) is 0. The van der Waals surface area contributed by atoms with E-state index in [1.807, 2.05) is 18.7 Å². The quantitative estimate of drug-likeness (QED) is 0.813. The predicted octanol–water partition coefficient (Wildman–Crippen LogP) is -0.386. The molecule has 0 atom stereocenters. The van der Waals surface area contributed by atoms with E-state index in [2.05, 4.69) is 14.8 Å². The second kappa shape index (κ2) is 5.96. The molecule has 24 heavy (non-hydrogen) atoms. The SMILES string of the molecule is CCn1c(=O)c2c(nc(N3CCNCC3)n2C2CSC2)n(C)c1=O. The van der Waals surface area contributed by atoms with Gasteiger partial charge in [-0.2, -0.15) is 16.7 Å². The third kappa shape index (κ3) is 2.21. The van der Waals surface area contributed by atoms with Gasteiger partial charge in [-0.05, 0) is 6.92 Å². The summed E-state index contributed by atoms with van der Waals surface area (Å²) < 4.78 is 4.90. The van der Waals surface area contributed by atoms with Crippen molar-refractivity contribution in [1.29, 1.82) is 0 Å². The summed E-state index contributed by atoms with van der Waals surface area (Å²) in [5.74, 6) is 2.80. The number of anilines is 1. The van der Waals surface area contributed by atoms with Crippen LogP contribution in [0.25, 0.3) is 11.2 Å². The lowest BCUT2D eigenvalue weighted by Gasteiger charge is -2.33. The summed E-state index contributed by atoms with van der Waals surface area (Å²) in [7, 11) is 1.70. The third-order valence-electron chi connectivity index (χ3n) is 4.86. The van der Waals surface area contributed by atoms with Gasteiger partial charge in [0.25, 0.3) is 5.56 Å². The summed E-state index contributed by atoms with van der Waals surface area (Å²) in [6, 6.07) is 0.278. The van der Waals surface area contributed by atoms with Gasteiger partial charge in [-0.15, -0.1) is 0 Å². The summed E-state index contributed by atoms with van der Waals surface area (Å²) in [5.41, 5.74) is 0.550. The van der Waals surface area contributed by atoms with E-state index >= 15 is 0 Å². The Kier molecular flexibility index (Phi) is 3.92. The molecule has 130 valence electrons. The number of fused-ring (bicyclic) bond motifs is 1. The molecule has 2 aliphatic heterocycles. The minimum atomic E-state index is -0.297. The standard InChI is InChI=1S/C15H22N6O2S/c1-3-20-13(22)11-12(18(2)15(20)23)17-14(19-6-4-16-5-7-19)21(11)10-8-24-9-10/h10,16H,3-9H2,1-2H3. The van der Waals surface area contributed by atoms with Gasteiger partial charge in [-0.25, -0.2) is 4.79 Å². The molecular weight excluding hydrogens is 328 g/mol. The number of aryl methyl sites for hydroxylation is 1. The molecule has 0 aliphatic carbocycles. The molecule has 2 fully saturated rings. The zero-order chi connectivity index (χ0) is 16.8. The molecule has 0 aromatic carbocycles. The van der Waals surface area contributed by atoms with Gasteiger partial charge in [0.2, 0.25) is 5.95 Å². The van der Waals surface area contributed by atoms with Gasteiger partial charge in [-0.3, -0.25) is 18.5 Å². The number of aromatic nitrogens is 4. The van der Waals surface area contributed by atoms with Gasteiger partial charge in [-0.1, -0.05) is 0 Å². The molecule has 2 aromatic rings. The molecule has 0 amide bonds. The number of piperazine rings is 1. The van der Waals surface area contributed by atoms with Gasteiger partial charge in [0.05, 0.1) is 6.04 Å². The molecule has 4 rings (SSSR count). The Morgan fingerprint density at radius 3 is 2.54 bits per heavy atom. The maximum Gasteiger partial charge on any atom is 0.332 e. The van der Waals surface area contributed by atoms with Crippen LogP contribution >= 0.6 is 11.8 Å². The van der Waals surface area contributed by atoms with E-state index in [-0.39, 0.29) is 17.3 Å². The van der Waals surface area contributed by atoms with Crippen LogP contribution in [-0.2, 0) is 13.6 Å². The van der Waals surface area contributed by atoms with Crippen molar-refractivity contribution in [2.75, 3.05) is 42.6 Å². The van der Waals surface area contributed by atoms with Crippen molar-refractivity contribution in [3.63, 3.8) is 0 Å². The minimum Gasteiger partial charge on any atom is -0.340 e. The summed E-state index contributed by atoms with van der Waals surface area (Å²) >= 11 is 1.87. The van der Waals surface area contributed by atoms with E-state index in [1.54, 1.807) is 7.05 Å². The lowest BCUT2D eigenvalue weighted by molar-refractivity contribution is 0.544. The Morgan fingerprint density at radius 2 is 1.96 bits per heavy atom. The van der Waals surface area contributed by atoms with Gasteiger partial charge < -0.3 is 10.2 Å². The monoisotopic (exact) mass is 350 g/mol. The van der Waals surface area contributed by atoms with Crippen molar-refractivity contribution in [3.05, 3.63) is 20.8 Å². The number of nitrogens with one attached hydrogen (secondary N) is 1. The first-order valence-corrected chi connectivity index (χ1v) is 9.54. The van der Waals surface area contributed by atoms with Crippen LogP contribution in [0.3, 0.4) is 0 Å². The van der Waals surface area contributed by atoms with Crippen molar-refractivity contribution in [1.82, 2.24) is 24.0 Å². The molecule has 2 saturated heterocycles. The van der Waals surface area contributed by atoms with Crippen molar-refractivity contribution >= 4 is 28.9 Å². The van der Waals surface area contributed by atoms with Crippen molar-refractivity contribution in [2.45, 2.75) is 19.5 Å². The molecule has 0 radical (unpaired) electrons. The van der Waals surface area contributed by atoms with Crippen molar-refractivity contribution < 1.29 is 0 Å². The Balaban J connectivity index is 2.02. The highest BCUT2D eigenvalue weighted by Gasteiger charge is 2.31. The summed E-state index contributed by atoms with van der Waals surface area (Å²) in [5, 5.41) is 3.34. The van der Waals surface area contributed by atoms with E-state index < -0.39 is 0 Å². The van der Waals surface area contributed by atoms with Crippen LogP contribution < -0.4 is 21.5 Å². The summed E-state index contributed by atoms with van der Waals surface area (Å²) in [6.45, 7) is 5.72. The second-order valence-electron chi connectivity index (χ2n) is 6.27. The number of thioether (sulfide) groups is 1. The maximum absolute atomic E-state index is 12.9. The third-order valence-corrected chi connectivity index (χ3v) is 6.10. The van der Waals surface area contributed by atoms with Gasteiger partial charge in [0.15, 0.2) is 11.2 Å². The van der Waals surface area contributed by atoms with Crippen molar-refractivity contribution in [2.24, 2.45) is 7.05 Å². The van der Waals surface area contributed by atoms with Gasteiger partial charge in [0.1, 0.15) is 0 Å². The van der Waals surface area contributed by atoms with Crippen LogP contribution in [0.4, 0.5) is 5.95 Å². The lowest BCUT2D eigenvalue weighted by Crippen LogP contribution is -2.45. The molecule has 0 spiro atoms. The highest BCUT2D eigenvalue weighted by atomic mass is 32.2. The molecule has 2 aliphatic rings. The zero-order valence-corrected chi connectivity index (χ0v) is 14.8. The van der Waals surface area contributed by atoms with E-state index in [4.69, 9.17) is 4.98 Å². The molecular formula is C15H22N6O2S. The van der Waals surface area contributed by atoms with Crippen LogP contribution in [0, 0.1) is 0 Å². The van der Waals surface area contributed by atoms with E-state index in [1.165, 1.54) is 9.13 Å². The Hall–Kier alpha value is -1.74. The normalized spacial score (nSPS) is 19.0. The van der Waals surface area contributed by atoms with E-state index in [0.29, 0.717) is 17.7 Å². The van der Waals surface area contributed by atoms with Crippen LogP contribution in [0.5, 0.6) is 0 Å². The number of imidazole rings is 1.